The number of likely N-dealkylation sites (N-methyl/N-ethyl adjacent to an activating group) is 1. The Morgan fingerprint density at radius 1 is 1.35 bits per heavy atom. The number of nitrogens with one attached hydrogen (secondary N) is 1. The number of aromatic nitrogens is 2. The van der Waals surface area contributed by atoms with Crippen LogP contribution in [0.4, 0.5) is 0 Å². The van der Waals surface area contributed by atoms with E-state index in [9.17, 15) is 0 Å². The molecule has 1 aromatic heterocycles. The molecule has 4 nitrogen and oxygen atoms in total. The minimum Gasteiger partial charge on any atom is -0.334 e. The SMILES string of the molecule is CNC(C)Cc1noc(-c2ccc(I)cc2)n1. The van der Waals surface area contributed by atoms with Crippen molar-refractivity contribution in [3.05, 3.63) is 33.7 Å². The number of rotatable bonds is 4. The summed E-state index contributed by atoms with van der Waals surface area (Å²) in [6.45, 7) is 2.08. The van der Waals surface area contributed by atoms with E-state index in [1.54, 1.807) is 0 Å². The van der Waals surface area contributed by atoms with Gasteiger partial charge >= 0.3 is 0 Å². The molecular formula is C12H14IN3O. The van der Waals surface area contributed by atoms with Gasteiger partial charge in [0.2, 0.25) is 0 Å². The minimum absolute atomic E-state index is 0.345. The number of benzene rings is 1. The van der Waals surface area contributed by atoms with Gasteiger partial charge in [0.05, 0.1) is 0 Å². The number of halogens is 1. The van der Waals surface area contributed by atoms with Gasteiger partial charge in [0, 0.05) is 21.6 Å². The molecule has 0 bridgehead atoms. The molecule has 0 spiro atoms. The van der Waals surface area contributed by atoms with E-state index >= 15 is 0 Å². The maximum atomic E-state index is 5.24. The van der Waals surface area contributed by atoms with Crippen molar-refractivity contribution in [2.45, 2.75) is 19.4 Å². The molecule has 0 saturated heterocycles. The molecule has 1 N–H and O–H groups in total. The molecular weight excluding hydrogens is 329 g/mol. The van der Waals surface area contributed by atoms with Crippen molar-refractivity contribution >= 4 is 22.6 Å². The van der Waals surface area contributed by atoms with Crippen molar-refractivity contribution in [2.24, 2.45) is 0 Å². The van der Waals surface area contributed by atoms with Gasteiger partial charge < -0.3 is 9.84 Å². The van der Waals surface area contributed by atoms with Gasteiger partial charge in [-0.1, -0.05) is 5.16 Å². The Morgan fingerprint density at radius 2 is 2.06 bits per heavy atom. The summed E-state index contributed by atoms with van der Waals surface area (Å²) < 4.78 is 6.43. The van der Waals surface area contributed by atoms with Crippen molar-refractivity contribution in [3.63, 3.8) is 0 Å². The average molecular weight is 343 g/mol. The first-order chi connectivity index (χ1) is 8.19. The summed E-state index contributed by atoms with van der Waals surface area (Å²) in [5.74, 6) is 1.32. The summed E-state index contributed by atoms with van der Waals surface area (Å²) in [6, 6.07) is 8.37. The van der Waals surface area contributed by atoms with E-state index in [-0.39, 0.29) is 0 Å². The summed E-state index contributed by atoms with van der Waals surface area (Å²) in [4.78, 5) is 4.38. The van der Waals surface area contributed by atoms with Crippen LogP contribution in [0, 0.1) is 3.57 Å². The van der Waals surface area contributed by atoms with Crippen molar-refractivity contribution in [3.8, 4) is 11.5 Å². The lowest BCUT2D eigenvalue weighted by Crippen LogP contribution is -2.24. The Hall–Kier alpha value is -0.950. The first-order valence-electron chi connectivity index (χ1n) is 5.45. The van der Waals surface area contributed by atoms with Gasteiger partial charge in [-0.15, -0.1) is 0 Å². The highest BCUT2D eigenvalue weighted by Gasteiger charge is 2.10. The third-order valence-corrected chi connectivity index (χ3v) is 3.26. The highest BCUT2D eigenvalue weighted by atomic mass is 127. The van der Waals surface area contributed by atoms with Crippen LogP contribution < -0.4 is 5.32 Å². The van der Waals surface area contributed by atoms with Gasteiger partial charge in [0.1, 0.15) is 0 Å². The van der Waals surface area contributed by atoms with Crippen molar-refractivity contribution in [2.75, 3.05) is 7.05 Å². The van der Waals surface area contributed by atoms with E-state index in [0.717, 1.165) is 17.8 Å². The van der Waals surface area contributed by atoms with Crippen LogP contribution in [-0.2, 0) is 6.42 Å². The minimum atomic E-state index is 0.345. The second kappa shape index (κ2) is 5.59. The van der Waals surface area contributed by atoms with Gasteiger partial charge in [0.25, 0.3) is 5.89 Å². The molecule has 90 valence electrons. The van der Waals surface area contributed by atoms with Crippen LogP contribution >= 0.6 is 22.6 Å². The summed E-state index contributed by atoms with van der Waals surface area (Å²) in [5.41, 5.74) is 0.960. The molecule has 0 aliphatic heterocycles. The molecule has 0 aliphatic carbocycles. The van der Waals surface area contributed by atoms with Crippen LogP contribution in [0.1, 0.15) is 12.7 Å². The normalized spacial score (nSPS) is 12.6. The van der Waals surface area contributed by atoms with Crippen LogP contribution in [0.2, 0.25) is 0 Å². The smallest absolute Gasteiger partial charge is 0.257 e. The van der Waals surface area contributed by atoms with Crippen LogP contribution in [0.25, 0.3) is 11.5 Å². The Morgan fingerprint density at radius 3 is 2.71 bits per heavy atom. The van der Waals surface area contributed by atoms with E-state index in [2.05, 4.69) is 45.0 Å². The molecule has 0 saturated carbocycles. The van der Waals surface area contributed by atoms with E-state index in [0.29, 0.717) is 11.9 Å². The average Bonchev–Trinajstić information content (AvgIpc) is 2.78. The Kier molecular flexibility index (Phi) is 4.11. The van der Waals surface area contributed by atoms with Gasteiger partial charge in [-0.2, -0.15) is 4.98 Å². The van der Waals surface area contributed by atoms with Crippen LogP contribution in [0.5, 0.6) is 0 Å². The van der Waals surface area contributed by atoms with E-state index in [1.165, 1.54) is 3.57 Å². The van der Waals surface area contributed by atoms with Gasteiger partial charge in [-0.05, 0) is 60.8 Å². The molecule has 0 fully saturated rings. The lowest BCUT2D eigenvalue weighted by Gasteiger charge is -2.04. The zero-order chi connectivity index (χ0) is 12.3. The van der Waals surface area contributed by atoms with Crippen molar-refractivity contribution in [1.82, 2.24) is 15.5 Å². The van der Waals surface area contributed by atoms with Crippen LogP contribution in [0.3, 0.4) is 0 Å². The van der Waals surface area contributed by atoms with Crippen LogP contribution in [0.15, 0.2) is 28.8 Å². The van der Waals surface area contributed by atoms with Crippen molar-refractivity contribution in [1.29, 1.82) is 0 Å². The highest BCUT2D eigenvalue weighted by molar-refractivity contribution is 14.1. The molecule has 1 heterocycles. The third kappa shape index (κ3) is 3.26. The van der Waals surface area contributed by atoms with Crippen LogP contribution in [-0.4, -0.2) is 23.2 Å². The van der Waals surface area contributed by atoms with Gasteiger partial charge in [0.15, 0.2) is 5.82 Å². The zero-order valence-corrected chi connectivity index (χ0v) is 11.9. The second-order valence-electron chi connectivity index (χ2n) is 3.92. The molecule has 2 aromatic rings. The number of hydrogen-bond acceptors (Lipinski definition) is 4. The van der Waals surface area contributed by atoms with Gasteiger partial charge in [-0.25, -0.2) is 0 Å². The fourth-order valence-corrected chi connectivity index (χ4v) is 1.78. The molecule has 0 amide bonds. The molecule has 5 heteroatoms. The standard InChI is InChI=1S/C12H14IN3O/c1-8(14-2)7-11-15-12(17-16-11)9-3-5-10(13)6-4-9/h3-6,8,14H,7H2,1-2H3. The van der Waals surface area contributed by atoms with E-state index in [4.69, 9.17) is 4.52 Å². The summed E-state index contributed by atoms with van der Waals surface area (Å²) in [6.07, 6.45) is 0.768. The first-order valence-corrected chi connectivity index (χ1v) is 6.52. The fraction of sp³-hybridized carbons (Fsp3) is 0.333. The highest BCUT2D eigenvalue weighted by Crippen LogP contribution is 2.18. The largest absolute Gasteiger partial charge is 0.334 e. The monoisotopic (exact) mass is 343 g/mol. The lowest BCUT2D eigenvalue weighted by molar-refractivity contribution is 0.418. The third-order valence-electron chi connectivity index (χ3n) is 2.54. The first kappa shape index (κ1) is 12.5. The zero-order valence-electron chi connectivity index (χ0n) is 9.77. The van der Waals surface area contributed by atoms with Gasteiger partial charge in [-0.3, -0.25) is 0 Å². The quantitative estimate of drug-likeness (QED) is 0.867. The molecule has 0 aliphatic rings. The predicted molar refractivity (Wildman–Crippen MR) is 74.7 cm³/mol. The topological polar surface area (TPSA) is 51.0 Å². The van der Waals surface area contributed by atoms with E-state index in [1.807, 2.05) is 31.3 Å². The fourth-order valence-electron chi connectivity index (χ4n) is 1.42. The second-order valence-corrected chi connectivity index (χ2v) is 5.16. The lowest BCUT2D eigenvalue weighted by atomic mass is 10.2. The van der Waals surface area contributed by atoms with E-state index < -0.39 is 0 Å². The molecule has 0 radical (unpaired) electrons. The molecule has 2 rings (SSSR count). The maximum Gasteiger partial charge on any atom is 0.257 e. The van der Waals surface area contributed by atoms with Crippen molar-refractivity contribution < 1.29 is 4.52 Å². The Balaban J connectivity index is 2.15. The number of nitrogens with zero attached hydrogens (tertiary/aromatic N) is 2. The maximum absolute atomic E-state index is 5.24. The predicted octanol–water partition coefficient (Wildman–Crippen LogP) is 2.49. The number of hydrogen-bond donors (Lipinski definition) is 1. The molecule has 17 heavy (non-hydrogen) atoms. The molecule has 1 atom stereocenters. The summed E-state index contributed by atoms with van der Waals surface area (Å²) in [5, 5.41) is 7.12. The summed E-state index contributed by atoms with van der Waals surface area (Å²) in [7, 11) is 1.92. The molecule has 1 aromatic carbocycles. The molecule has 1 unspecified atom stereocenters. The summed E-state index contributed by atoms with van der Waals surface area (Å²) >= 11 is 2.27. The Labute approximate surface area is 114 Å². The Bertz CT molecular complexity index is 481.